The minimum absolute atomic E-state index is 0. The number of rotatable bonds is 5. The van der Waals surface area contributed by atoms with Gasteiger partial charge in [-0.1, -0.05) is 80.6 Å². The Labute approximate surface area is 170 Å². The average molecular weight is 460 g/mol. The summed E-state index contributed by atoms with van der Waals surface area (Å²) in [5.41, 5.74) is 1.55. The molecule has 0 unspecified atom stereocenters. The second-order valence-electron chi connectivity index (χ2n) is 7.27. The van der Waals surface area contributed by atoms with E-state index in [1.807, 2.05) is 0 Å². The van der Waals surface area contributed by atoms with Crippen LogP contribution in [0.1, 0.15) is 19.4 Å². The Morgan fingerprint density at radius 3 is 1.40 bits per heavy atom. The maximum Gasteiger partial charge on any atom is 0.0989 e. The Morgan fingerprint density at radius 2 is 1.00 bits per heavy atom. The molecule has 0 fully saturated rings. The summed E-state index contributed by atoms with van der Waals surface area (Å²) in [5, 5.41) is 2.97. The van der Waals surface area contributed by atoms with Crippen molar-refractivity contribution in [3.05, 3.63) is 96.6 Å². The van der Waals surface area contributed by atoms with Gasteiger partial charge < -0.3 is 24.0 Å². The molecule has 0 N–H and O–H groups in total. The van der Waals surface area contributed by atoms with Crippen LogP contribution in [0.5, 0.6) is 0 Å². The van der Waals surface area contributed by atoms with E-state index in [0.29, 0.717) is 0 Å². The quantitative estimate of drug-likeness (QED) is 0.405. The Hall–Kier alpha value is -1.18. The van der Waals surface area contributed by atoms with Gasteiger partial charge in [0.15, 0.2) is 0 Å². The molecule has 0 spiro atoms. The first-order chi connectivity index (χ1) is 11.5. The third-order valence-corrected chi connectivity index (χ3v) is 9.22. The van der Waals surface area contributed by atoms with Gasteiger partial charge >= 0.3 is 0 Å². The lowest BCUT2D eigenvalue weighted by molar-refractivity contribution is -0.00000518. The second kappa shape index (κ2) is 8.47. The fraction of sp³-hybridized carbons (Fsp3) is 0.217. The van der Waals surface area contributed by atoms with Crippen LogP contribution in [0.15, 0.2) is 91.0 Å². The zero-order chi connectivity index (χ0) is 17.0. The van der Waals surface area contributed by atoms with Crippen LogP contribution in [-0.4, -0.2) is 12.8 Å². The molecule has 0 radical (unpaired) electrons. The molecule has 0 saturated carbocycles. The van der Waals surface area contributed by atoms with Gasteiger partial charge in [-0.05, 0) is 29.8 Å². The number of halogens is 1. The first-order valence-electron chi connectivity index (χ1n) is 8.55. The average Bonchev–Trinajstić information content (AvgIpc) is 2.63. The summed E-state index contributed by atoms with van der Waals surface area (Å²) in [6, 6.07) is 33.1. The highest BCUT2D eigenvalue weighted by Gasteiger charge is 2.43. The summed E-state index contributed by atoms with van der Waals surface area (Å²) in [6.45, 7) is 7.25. The van der Waals surface area contributed by atoms with E-state index in [4.69, 9.17) is 0 Å². The zero-order valence-corrected chi connectivity index (χ0v) is 18.2. The molecule has 130 valence electrons. The molecular weight excluding hydrogens is 434 g/mol. The molecule has 0 heterocycles. The first-order valence-corrected chi connectivity index (χ1v) is 11.0. The van der Waals surface area contributed by atoms with E-state index in [-0.39, 0.29) is 29.4 Å². The fourth-order valence-corrected chi connectivity index (χ4v) is 7.70. The van der Waals surface area contributed by atoms with Gasteiger partial charge in [0.2, 0.25) is 0 Å². The first kappa shape index (κ1) is 20.1. The molecular formula is C23H26IP. The minimum Gasteiger partial charge on any atom is -1.00 e. The van der Waals surface area contributed by atoms with Crippen LogP contribution < -0.4 is 34.6 Å². The van der Waals surface area contributed by atoms with Crippen molar-refractivity contribution in [2.24, 2.45) is 0 Å². The van der Waals surface area contributed by atoms with Crippen LogP contribution >= 0.6 is 7.26 Å². The summed E-state index contributed by atoms with van der Waals surface area (Å²) in [6.07, 6.45) is 1.16. The van der Waals surface area contributed by atoms with Crippen molar-refractivity contribution >= 4 is 17.9 Å². The highest BCUT2D eigenvalue weighted by Crippen LogP contribution is 2.56. The van der Waals surface area contributed by atoms with Gasteiger partial charge in [-0.3, -0.25) is 0 Å². The largest absolute Gasteiger partial charge is 1.00 e. The standard InChI is InChI=1S/C23H26P.HI/c1-23(2,20-13-7-4-8-14-20)19-24(3,21-15-9-5-10-16-21)22-17-11-6-12-18-22;/h4-18H,19H2,1-3H3;1H/q+1;/p-1. The van der Waals surface area contributed by atoms with Crippen LogP contribution in [0.3, 0.4) is 0 Å². The van der Waals surface area contributed by atoms with Crippen molar-refractivity contribution < 1.29 is 24.0 Å². The number of hydrogen-bond donors (Lipinski definition) is 0. The van der Waals surface area contributed by atoms with Gasteiger partial charge in [0.05, 0.1) is 30.7 Å². The number of benzene rings is 3. The molecule has 2 heteroatoms. The summed E-state index contributed by atoms with van der Waals surface area (Å²) in [5.74, 6) is 0. The Kier molecular flexibility index (Phi) is 6.82. The predicted molar refractivity (Wildman–Crippen MR) is 109 cm³/mol. The van der Waals surface area contributed by atoms with Crippen LogP contribution in [-0.2, 0) is 5.41 Å². The highest BCUT2D eigenvalue weighted by atomic mass is 127. The van der Waals surface area contributed by atoms with Crippen molar-refractivity contribution in [2.45, 2.75) is 19.3 Å². The highest BCUT2D eigenvalue weighted by molar-refractivity contribution is 7.89. The summed E-state index contributed by atoms with van der Waals surface area (Å²) in [7, 11) is -1.46. The third kappa shape index (κ3) is 4.51. The van der Waals surface area contributed by atoms with E-state index in [0.717, 1.165) is 6.16 Å². The van der Waals surface area contributed by atoms with Crippen molar-refractivity contribution in [1.82, 2.24) is 0 Å². The monoisotopic (exact) mass is 460 g/mol. The van der Waals surface area contributed by atoms with Crippen LogP contribution in [0.4, 0.5) is 0 Å². The van der Waals surface area contributed by atoms with Crippen molar-refractivity contribution in [3.8, 4) is 0 Å². The topological polar surface area (TPSA) is 0 Å². The smallest absolute Gasteiger partial charge is 0.0989 e. The third-order valence-electron chi connectivity index (χ3n) is 4.92. The molecule has 3 aromatic carbocycles. The lowest BCUT2D eigenvalue weighted by Gasteiger charge is -2.33. The van der Waals surface area contributed by atoms with Gasteiger partial charge in [-0.25, -0.2) is 0 Å². The van der Waals surface area contributed by atoms with E-state index in [1.54, 1.807) is 0 Å². The predicted octanol–water partition coefficient (Wildman–Crippen LogP) is 2.27. The Balaban J connectivity index is 0.00000225. The molecule has 0 nitrogen and oxygen atoms in total. The van der Waals surface area contributed by atoms with Gasteiger partial charge in [0, 0.05) is 5.41 Å². The molecule has 0 atom stereocenters. The molecule has 0 aliphatic carbocycles. The Morgan fingerprint density at radius 1 is 0.640 bits per heavy atom. The summed E-state index contributed by atoms with van der Waals surface area (Å²) < 4.78 is 0. The Bertz CT molecular complexity index is 727. The van der Waals surface area contributed by atoms with Crippen molar-refractivity contribution in [1.29, 1.82) is 0 Å². The summed E-state index contributed by atoms with van der Waals surface area (Å²) in [4.78, 5) is 0. The molecule has 0 aliphatic heterocycles. The minimum atomic E-state index is -1.46. The molecule has 0 aliphatic rings. The van der Waals surface area contributed by atoms with Crippen LogP contribution in [0, 0.1) is 0 Å². The van der Waals surface area contributed by atoms with Crippen molar-refractivity contribution in [3.63, 3.8) is 0 Å². The fourth-order valence-electron chi connectivity index (χ4n) is 3.62. The van der Waals surface area contributed by atoms with Gasteiger partial charge in [0.1, 0.15) is 0 Å². The second-order valence-corrected chi connectivity index (χ2v) is 11.0. The van der Waals surface area contributed by atoms with E-state index >= 15 is 0 Å². The van der Waals surface area contributed by atoms with E-state index in [2.05, 4.69) is 112 Å². The lowest BCUT2D eigenvalue weighted by atomic mass is 9.87. The molecule has 0 bridgehead atoms. The summed E-state index contributed by atoms with van der Waals surface area (Å²) >= 11 is 0. The molecule has 0 amide bonds. The van der Waals surface area contributed by atoms with E-state index < -0.39 is 7.26 Å². The van der Waals surface area contributed by atoms with Crippen LogP contribution in [0.25, 0.3) is 0 Å². The molecule has 0 saturated heterocycles. The van der Waals surface area contributed by atoms with E-state index in [9.17, 15) is 0 Å². The van der Waals surface area contributed by atoms with E-state index in [1.165, 1.54) is 16.2 Å². The molecule has 3 rings (SSSR count). The zero-order valence-electron chi connectivity index (χ0n) is 15.2. The molecule has 3 aromatic rings. The SMILES string of the molecule is CC(C)(C[P+](C)(c1ccccc1)c1ccccc1)c1ccccc1.[I-]. The molecule has 25 heavy (non-hydrogen) atoms. The van der Waals surface area contributed by atoms with Crippen molar-refractivity contribution in [2.75, 3.05) is 12.8 Å². The van der Waals surface area contributed by atoms with Gasteiger partial charge in [-0.2, -0.15) is 0 Å². The molecule has 0 aromatic heterocycles. The maximum atomic E-state index is 2.49. The normalized spacial score (nSPS) is 11.6. The van der Waals surface area contributed by atoms with Gasteiger partial charge in [-0.15, -0.1) is 0 Å². The van der Waals surface area contributed by atoms with Crippen LogP contribution in [0.2, 0.25) is 0 Å². The maximum absolute atomic E-state index is 2.49. The number of hydrogen-bond acceptors (Lipinski definition) is 0. The van der Waals surface area contributed by atoms with Gasteiger partial charge in [0.25, 0.3) is 0 Å². The lowest BCUT2D eigenvalue weighted by Crippen LogP contribution is -3.00.